The van der Waals surface area contributed by atoms with Crippen molar-refractivity contribution in [2.45, 2.75) is 52.0 Å². The molecule has 1 aromatic heterocycles. The lowest BCUT2D eigenvalue weighted by Crippen LogP contribution is -2.38. The van der Waals surface area contributed by atoms with Gasteiger partial charge in [-0.15, -0.1) is 0 Å². The Bertz CT molecular complexity index is 845. The van der Waals surface area contributed by atoms with Crippen LogP contribution >= 0.6 is 0 Å². The Kier molecular flexibility index (Phi) is 5.02. The highest BCUT2D eigenvalue weighted by Crippen LogP contribution is 2.32. The van der Waals surface area contributed by atoms with Crippen LogP contribution in [-0.4, -0.2) is 47.0 Å². The summed E-state index contributed by atoms with van der Waals surface area (Å²) in [6.45, 7) is 6.54. The fraction of sp³-hybridized carbons (Fsp3) is 0.524. The molecule has 0 spiro atoms. The van der Waals surface area contributed by atoms with Gasteiger partial charge in [0, 0.05) is 32.2 Å². The Morgan fingerprint density at radius 3 is 2.85 bits per heavy atom. The number of aromatic nitrogens is 2. The van der Waals surface area contributed by atoms with Crippen LogP contribution in [-0.2, 0) is 35.4 Å². The van der Waals surface area contributed by atoms with E-state index >= 15 is 0 Å². The molecule has 1 aromatic carbocycles. The summed E-state index contributed by atoms with van der Waals surface area (Å²) < 4.78 is 13.0. The topological polar surface area (TPSA) is 56.6 Å². The van der Waals surface area contributed by atoms with E-state index in [0.717, 1.165) is 30.6 Å². The van der Waals surface area contributed by atoms with E-state index in [1.54, 1.807) is 7.11 Å². The van der Waals surface area contributed by atoms with Crippen molar-refractivity contribution in [3.05, 3.63) is 52.3 Å². The van der Waals surface area contributed by atoms with E-state index in [4.69, 9.17) is 14.6 Å². The van der Waals surface area contributed by atoms with E-state index in [1.165, 1.54) is 11.1 Å². The lowest BCUT2D eigenvalue weighted by molar-refractivity contribution is -0.00721. The van der Waals surface area contributed by atoms with Gasteiger partial charge in [0.2, 0.25) is 0 Å². The largest absolute Gasteiger partial charge is 0.383 e. The highest BCUT2D eigenvalue weighted by Gasteiger charge is 2.34. The smallest absolute Gasteiger partial charge is 0.272 e. The number of hydrogen-bond donors (Lipinski definition) is 0. The standard InChI is InChI=1S/C21H27N3O3/c1-14-12-18-19(15(2)27-14)22-24(10-11-26-3)20(18)21(25)23-9-8-16-6-4-5-7-17(16)13-23/h4-7,14-15H,8-13H2,1-3H3/t14-,15+/m0/s1. The maximum Gasteiger partial charge on any atom is 0.272 e. The van der Waals surface area contributed by atoms with Gasteiger partial charge >= 0.3 is 0 Å². The summed E-state index contributed by atoms with van der Waals surface area (Å²) in [5, 5.41) is 4.73. The van der Waals surface area contributed by atoms with Crippen LogP contribution in [0.4, 0.5) is 0 Å². The molecule has 2 aliphatic rings. The number of methoxy groups -OCH3 is 1. The van der Waals surface area contributed by atoms with Crippen LogP contribution in [0, 0.1) is 0 Å². The first kappa shape index (κ1) is 18.2. The van der Waals surface area contributed by atoms with Gasteiger partial charge in [-0.2, -0.15) is 5.10 Å². The highest BCUT2D eigenvalue weighted by atomic mass is 16.5. The number of hydrogen-bond acceptors (Lipinski definition) is 4. The monoisotopic (exact) mass is 369 g/mol. The highest BCUT2D eigenvalue weighted by molar-refractivity contribution is 5.94. The number of nitrogens with zero attached hydrogens (tertiary/aromatic N) is 3. The SMILES string of the molecule is COCCn1nc2c(c1C(=O)N1CCc3ccccc3C1)C[C@H](C)O[C@@H]2C. The summed E-state index contributed by atoms with van der Waals surface area (Å²) in [5.41, 5.74) is 5.22. The van der Waals surface area contributed by atoms with Gasteiger partial charge in [-0.05, 0) is 31.4 Å². The third kappa shape index (κ3) is 3.39. The lowest BCUT2D eigenvalue weighted by atomic mass is 9.97. The van der Waals surface area contributed by atoms with Crippen LogP contribution in [0.2, 0.25) is 0 Å². The molecular weight excluding hydrogens is 342 g/mol. The number of amides is 1. The molecule has 4 rings (SSSR count). The number of benzene rings is 1. The molecule has 144 valence electrons. The predicted molar refractivity (Wildman–Crippen MR) is 102 cm³/mol. The Labute approximate surface area is 160 Å². The molecule has 6 heteroatoms. The van der Waals surface area contributed by atoms with E-state index in [-0.39, 0.29) is 18.1 Å². The molecule has 0 aliphatic carbocycles. The van der Waals surface area contributed by atoms with Crippen molar-refractivity contribution in [2.75, 3.05) is 20.3 Å². The van der Waals surface area contributed by atoms with E-state index in [0.29, 0.717) is 25.4 Å². The van der Waals surface area contributed by atoms with Crippen molar-refractivity contribution in [3.8, 4) is 0 Å². The first-order valence-electron chi connectivity index (χ1n) is 9.68. The molecule has 27 heavy (non-hydrogen) atoms. The fourth-order valence-electron chi connectivity index (χ4n) is 4.19. The van der Waals surface area contributed by atoms with Gasteiger partial charge in [0.25, 0.3) is 5.91 Å². The van der Waals surface area contributed by atoms with Crippen molar-refractivity contribution in [1.29, 1.82) is 0 Å². The van der Waals surface area contributed by atoms with Gasteiger partial charge in [-0.25, -0.2) is 0 Å². The third-order valence-corrected chi connectivity index (χ3v) is 5.52. The third-order valence-electron chi connectivity index (χ3n) is 5.52. The molecule has 6 nitrogen and oxygen atoms in total. The van der Waals surface area contributed by atoms with Crippen molar-refractivity contribution < 1.29 is 14.3 Å². The number of rotatable bonds is 4. The maximum atomic E-state index is 13.5. The second-order valence-corrected chi connectivity index (χ2v) is 7.47. The van der Waals surface area contributed by atoms with Crippen LogP contribution < -0.4 is 0 Å². The van der Waals surface area contributed by atoms with E-state index in [1.807, 2.05) is 22.6 Å². The van der Waals surface area contributed by atoms with Crippen molar-refractivity contribution >= 4 is 5.91 Å². The quantitative estimate of drug-likeness (QED) is 0.832. The van der Waals surface area contributed by atoms with Crippen LogP contribution in [0.5, 0.6) is 0 Å². The van der Waals surface area contributed by atoms with Crippen molar-refractivity contribution in [2.24, 2.45) is 0 Å². The lowest BCUT2D eigenvalue weighted by Gasteiger charge is -2.30. The maximum absolute atomic E-state index is 13.5. The summed E-state index contributed by atoms with van der Waals surface area (Å²) in [5.74, 6) is 0.0654. The second-order valence-electron chi connectivity index (χ2n) is 7.47. The van der Waals surface area contributed by atoms with Crippen LogP contribution in [0.15, 0.2) is 24.3 Å². The zero-order chi connectivity index (χ0) is 19.0. The molecule has 0 bridgehead atoms. The number of fused-ring (bicyclic) bond motifs is 2. The van der Waals surface area contributed by atoms with Gasteiger partial charge in [0.1, 0.15) is 5.69 Å². The summed E-state index contributed by atoms with van der Waals surface area (Å²) in [7, 11) is 1.67. The molecule has 2 atom stereocenters. The predicted octanol–water partition coefficient (Wildman–Crippen LogP) is 2.75. The van der Waals surface area contributed by atoms with E-state index < -0.39 is 0 Å². The minimum Gasteiger partial charge on any atom is -0.383 e. The molecule has 2 aliphatic heterocycles. The number of ether oxygens (including phenoxy) is 2. The normalized spacial score (nSPS) is 21.7. The Morgan fingerprint density at radius 2 is 2.07 bits per heavy atom. The van der Waals surface area contributed by atoms with Crippen molar-refractivity contribution in [3.63, 3.8) is 0 Å². The summed E-state index contributed by atoms with van der Waals surface area (Å²) >= 11 is 0. The Hall–Kier alpha value is -2.18. The van der Waals surface area contributed by atoms with Gasteiger partial charge in [-0.3, -0.25) is 9.48 Å². The number of carbonyl (C=O) groups is 1. The summed E-state index contributed by atoms with van der Waals surface area (Å²) in [6, 6.07) is 8.38. The Balaban J connectivity index is 1.68. The van der Waals surface area contributed by atoms with E-state index in [2.05, 4.69) is 25.1 Å². The van der Waals surface area contributed by atoms with Gasteiger partial charge in [0.15, 0.2) is 0 Å². The number of carbonyl (C=O) groups excluding carboxylic acids is 1. The molecule has 0 unspecified atom stereocenters. The molecule has 3 heterocycles. The van der Waals surface area contributed by atoms with Crippen LogP contribution in [0.1, 0.15) is 52.8 Å². The van der Waals surface area contributed by atoms with Gasteiger partial charge in [-0.1, -0.05) is 24.3 Å². The molecule has 2 aromatic rings. The van der Waals surface area contributed by atoms with Crippen LogP contribution in [0.25, 0.3) is 0 Å². The van der Waals surface area contributed by atoms with Gasteiger partial charge < -0.3 is 14.4 Å². The Morgan fingerprint density at radius 1 is 1.30 bits per heavy atom. The summed E-state index contributed by atoms with van der Waals surface area (Å²) in [4.78, 5) is 15.5. The average Bonchev–Trinajstić information content (AvgIpc) is 3.04. The average molecular weight is 369 g/mol. The molecule has 0 fully saturated rings. The minimum absolute atomic E-state index is 0.0654. The van der Waals surface area contributed by atoms with Crippen molar-refractivity contribution in [1.82, 2.24) is 14.7 Å². The van der Waals surface area contributed by atoms with E-state index in [9.17, 15) is 4.79 Å². The van der Waals surface area contributed by atoms with Crippen LogP contribution in [0.3, 0.4) is 0 Å². The van der Waals surface area contributed by atoms with Gasteiger partial charge in [0.05, 0.1) is 31.1 Å². The molecular formula is C21H27N3O3. The zero-order valence-electron chi connectivity index (χ0n) is 16.3. The molecule has 0 saturated carbocycles. The second kappa shape index (κ2) is 7.44. The molecule has 1 amide bonds. The fourth-order valence-corrected chi connectivity index (χ4v) is 4.19. The summed E-state index contributed by atoms with van der Waals surface area (Å²) in [6.07, 6.45) is 1.60. The molecule has 0 N–H and O–H groups in total. The first-order valence-corrected chi connectivity index (χ1v) is 9.68. The minimum atomic E-state index is -0.0961. The molecule has 0 saturated heterocycles. The zero-order valence-corrected chi connectivity index (χ0v) is 16.3. The molecule has 0 radical (unpaired) electrons. The first-order chi connectivity index (χ1) is 13.1.